The Bertz CT molecular complexity index is 387. The van der Waals surface area contributed by atoms with Crippen LogP contribution in [-0.2, 0) is 0 Å². The second-order valence-corrected chi connectivity index (χ2v) is 2.91. The van der Waals surface area contributed by atoms with Crippen LogP contribution in [0.15, 0.2) is 30.6 Å². The molecule has 65 valence electrons. The highest BCUT2D eigenvalue weighted by Gasteiger charge is 1.98. The van der Waals surface area contributed by atoms with Crippen LogP contribution >= 0.6 is 0 Å². The van der Waals surface area contributed by atoms with Crippen molar-refractivity contribution in [3.05, 3.63) is 42.2 Å². The van der Waals surface area contributed by atoms with E-state index in [0.29, 0.717) is 0 Å². The van der Waals surface area contributed by atoms with E-state index in [-0.39, 0.29) is 5.75 Å². The molecule has 0 saturated heterocycles. The quantitative estimate of drug-likeness (QED) is 0.712. The van der Waals surface area contributed by atoms with Crippen molar-refractivity contribution >= 4 is 0 Å². The first kappa shape index (κ1) is 7.86. The molecular weight excluding hydrogens is 164 g/mol. The van der Waals surface area contributed by atoms with Gasteiger partial charge in [-0.15, -0.1) is 0 Å². The van der Waals surface area contributed by atoms with Gasteiger partial charge >= 0.3 is 0 Å². The van der Waals surface area contributed by atoms with E-state index >= 15 is 0 Å². The number of phenols is 1. The summed E-state index contributed by atoms with van der Waals surface area (Å²) in [6, 6.07) is 8.15. The molecule has 3 heteroatoms. The Morgan fingerprint density at radius 1 is 1.38 bits per heavy atom. The molecule has 1 aromatic carbocycles. The third-order valence-corrected chi connectivity index (χ3v) is 1.76. The third-order valence-electron chi connectivity index (χ3n) is 1.76. The maximum absolute atomic E-state index is 9.34. The first-order chi connectivity index (χ1) is 6.25. The van der Waals surface area contributed by atoms with E-state index in [4.69, 9.17) is 0 Å². The number of rotatable bonds is 1. The fourth-order valence-corrected chi connectivity index (χ4v) is 1.25. The Hall–Kier alpha value is -1.77. The minimum absolute atomic E-state index is 0.255. The second-order valence-electron chi connectivity index (χ2n) is 2.91. The van der Waals surface area contributed by atoms with Gasteiger partial charge in [-0.25, -0.2) is 4.68 Å². The topological polar surface area (TPSA) is 38.0 Å². The highest BCUT2D eigenvalue weighted by Crippen LogP contribution is 2.17. The molecule has 1 heterocycles. The van der Waals surface area contributed by atoms with Gasteiger partial charge in [0, 0.05) is 18.3 Å². The van der Waals surface area contributed by atoms with Gasteiger partial charge in [-0.2, -0.15) is 5.10 Å². The molecule has 0 unspecified atom stereocenters. The summed E-state index contributed by atoms with van der Waals surface area (Å²) in [5.41, 5.74) is 1.85. The zero-order chi connectivity index (χ0) is 9.26. The number of hydrogen-bond donors (Lipinski definition) is 1. The number of benzene rings is 1. The van der Waals surface area contributed by atoms with Crippen LogP contribution in [0.2, 0.25) is 0 Å². The summed E-state index contributed by atoms with van der Waals surface area (Å²) in [7, 11) is 0. The van der Waals surface area contributed by atoms with E-state index < -0.39 is 0 Å². The Kier molecular flexibility index (Phi) is 1.77. The maximum Gasteiger partial charge on any atom is 0.117 e. The summed E-state index contributed by atoms with van der Waals surface area (Å²) in [6.45, 7) is 1.93. The molecule has 0 atom stereocenters. The van der Waals surface area contributed by atoms with Crippen LogP contribution in [-0.4, -0.2) is 14.9 Å². The molecule has 1 aromatic heterocycles. The van der Waals surface area contributed by atoms with E-state index in [1.165, 1.54) is 0 Å². The van der Waals surface area contributed by atoms with Crippen molar-refractivity contribution in [1.82, 2.24) is 9.78 Å². The Morgan fingerprint density at radius 3 is 2.85 bits per heavy atom. The number of aryl methyl sites for hydroxylation is 1. The van der Waals surface area contributed by atoms with Gasteiger partial charge in [0.25, 0.3) is 0 Å². The van der Waals surface area contributed by atoms with Crippen molar-refractivity contribution < 1.29 is 5.11 Å². The molecule has 0 spiro atoms. The minimum Gasteiger partial charge on any atom is -0.508 e. The highest BCUT2D eigenvalue weighted by atomic mass is 16.3. The standard InChI is InChI=1S/C10H9N2O/c1-8-5-9(7-10(13)6-8)12-4-2-3-11-12/h3-7,13H,1H3. The molecular formula is C10H9N2O. The van der Waals surface area contributed by atoms with Crippen LogP contribution in [0, 0.1) is 13.0 Å². The van der Waals surface area contributed by atoms with Crippen LogP contribution < -0.4 is 0 Å². The van der Waals surface area contributed by atoms with Gasteiger partial charge in [-0.3, -0.25) is 0 Å². The van der Waals surface area contributed by atoms with Crippen molar-refractivity contribution in [1.29, 1.82) is 0 Å². The lowest BCUT2D eigenvalue weighted by atomic mass is 10.2. The summed E-state index contributed by atoms with van der Waals surface area (Å²) in [4.78, 5) is 0. The number of phenolic OH excluding ortho intramolecular Hbond substituents is 1. The van der Waals surface area contributed by atoms with Crippen molar-refractivity contribution in [3.63, 3.8) is 0 Å². The maximum atomic E-state index is 9.34. The number of aromatic nitrogens is 2. The summed E-state index contributed by atoms with van der Waals surface area (Å²) in [5, 5.41) is 13.4. The normalized spacial score (nSPS) is 10.2. The molecule has 0 saturated carbocycles. The van der Waals surface area contributed by atoms with E-state index in [1.54, 1.807) is 29.2 Å². The number of aromatic hydroxyl groups is 1. The lowest BCUT2D eigenvalue weighted by Gasteiger charge is -2.03. The second kappa shape index (κ2) is 2.94. The van der Waals surface area contributed by atoms with Gasteiger partial charge in [-0.1, -0.05) is 0 Å². The van der Waals surface area contributed by atoms with Gasteiger partial charge < -0.3 is 5.11 Å². The molecule has 0 aliphatic carbocycles. The van der Waals surface area contributed by atoms with Crippen LogP contribution in [0.5, 0.6) is 5.75 Å². The van der Waals surface area contributed by atoms with Gasteiger partial charge in [0.2, 0.25) is 0 Å². The summed E-state index contributed by atoms with van der Waals surface area (Å²) in [6.07, 6.45) is 3.30. The predicted octanol–water partition coefficient (Wildman–Crippen LogP) is 1.69. The summed E-state index contributed by atoms with van der Waals surface area (Å²) < 4.78 is 1.66. The van der Waals surface area contributed by atoms with Crippen LogP contribution in [0.25, 0.3) is 5.69 Å². The lowest BCUT2D eigenvalue weighted by Crippen LogP contribution is -1.93. The van der Waals surface area contributed by atoms with E-state index in [1.807, 2.05) is 13.0 Å². The third kappa shape index (κ3) is 1.54. The van der Waals surface area contributed by atoms with Crippen LogP contribution in [0.1, 0.15) is 5.56 Å². The monoisotopic (exact) mass is 173 g/mol. The molecule has 0 aliphatic heterocycles. The fourth-order valence-electron chi connectivity index (χ4n) is 1.25. The Labute approximate surface area is 76.3 Å². The first-order valence-electron chi connectivity index (χ1n) is 3.97. The molecule has 0 bridgehead atoms. The van der Waals surface area contributed by atoms with Crippen molar-refractivity contribution in [2.24, 2.45) is 0 Å². The van der Waals surface area contributed by atoms with Gasteiger partial charge in [-0.05, 0) is 24.6 Å². The molecule has 0 fully saturated rings. The average molecular weight is 173 g/mol. The molecule has 3 nitrogen and oxygen atoms in total. The van der Waals surface area contributed by atoms with Crippen molar-refractivity contribution in [2.45, 2.75) is 6.92 Å². The number of nitrogens with zero attached hydrogens (tertiary/aromatic N) is 2. The average Bonchev–Trinajstić information content (AvgIpc) is 2.53. The Morgan fingerprint density at radius 2 is 2.23 bits per heavy atom. The smallest absolute Gasteiger partial charge is 0.117 e. The molecule has 1 radical (unpaired) electrons. The molecule has 2 aromatic rings. The molecule has 0 aliphatic rings. The zero-order valence-corrected chi connectivity index (χ0v) is 7.23. The van der Waals surface area contributed by atoms with Gasteiger partial charge in [0.05, 0.1) is 11.9 Å². The molecule has 13 heavy (non-hydrogen) atoms. The molecule has 2 rings (SSSR count). The van der Waals surface area contributed by atoms with Crippen molar-refractivity contribution in [3.8, 4) is 11.4 Å². The van der Waals surface area contributed by atoms with Crippen LogP contribution in [0.4, 0.5) is 0 Å². The van der Waals surface area contributed by atoms with Gasteiger partial charge in [0.1, 0.15) is 5.75 Å². The van der Waals surface area contributed by atoms with E-state index in [9.17, 15) is 5.11 Å². The molecule has 0 amide bonds. The predicted molar refractivity (Wildman–Crippen MR) is 48.8 cm³/mol. The highest BCUT2D eigenvalue weighted by molar-refractivity contribution is 5.41. The number of hydrogen-bond acceptors (Lipinski definition) is 2. The summed E-state index contributed by atoms with van der Waals surface area (Å²) >= 11 is 0. The largest absolute Gasteiger partial charge is 0.508 e. The SMILES string of the molecule is Cc1cc(O)cc(-n2c[c]cn2)c1. The van der Waals surface area contributed by atoms with E-state index in [2.05, 4.69) is 11.2 Å². The summed E-state index contributed by atoms with van der Waals surface area (Å²) in [5.74, 6) is 0.255. The van der Waals surface area contributed by atoms with Gasteiger partial charge in [0.15, 0.2) is 0 Å². The van der Waals surface area contributed by atoms with E-state index in [0.717, 1.165) is 11.3 Å². The van der Waals surface area contributed by atoms with Crippen molar-refractivity contribution in [2.75, 3.05) is 0 Å². The fraction of sp³-hybridized carbons (Fsp3) is 0.100. The lowest BCUT2D eigenvalue weighted by molar-refractivity contribution is 0.474. The Balaban J connectivity index is 2.53. The first-order valence-corrected chi connectivity index (χ1v) is 3.97. The minimum atomic E-state index is 0.255. The molecule has 1 N–H and O–H groups in total. The van der Waals surface area contributed by atoms with Crippen LogP contribution in [0.3, 0.4) is 0 Å². The zero-order valence-electron chi connectivity index (χ0n) is 7.23.